The number of nitrogens with zero attached hydrogens (tertiary/aromatic N) is 1. The van der Waals surface area contributed by atoms with Crippen LogP contribution in [-0.2, 0) is 0 Å². The van der Waals surface area contributed by atoms with Crippen molar-refractivity contribution in [2.75, 3.05) is 26.2 Å². The van der Waals surface area contributed by atoms with Crippen molar-refractivity contribution in [3.8, 4) is 5.75 Å². The molecule has 0 saturated carbocycles. The molecular formula is C16H24N2O2. The minimum atomic E-state index is -0.0682. The van der Waals surface area contributed by atoms with E-state index in [4.69, 9.17) is 0 Å². The topological polar surface area (TPSA) is 52.6 Å². The third kappa shape index (κ3) is 3.97. The Labute approximate surface area is 120 Å². The average Bonchev–Trinajstić information content (AvgIpc) is 2.92. The maximum atomic E-state index is 12.0. The molecule has 0 aromatic heterocycles. The van der Waals surface area contributed by atoms with Crippen molar-refractivity contribution in [1.29, 1.82) is 0 Å². The molecule has 1 aliphatic heterocycles. The van der Waals surface area contributed by atoms with Gasteiger partial charge in [-0.15, -0.1) is 0 Å². The zero-order valence-corrected chi connectivity index (χ0v) is 12.4. The van der Waals surface area contributed by atoms with Gasteiger partial charge < -0.3 is 15.3 Å². The van der Waals surface area contributed by atoms with Crippen molar-refractivity contribution >= 4 is 5.91 Å². The number of hydrogen-bond donors (Lipinski definition) is 2. The molecule has 1 aromatic rings. The fourth-order valence-electron chi connectivity index (χ4n) is 2.64. The third-order valence-electron chi connectivity index (χ3n) is 3.84. The fraction of sp³-hybridized carbons (Fsp3) is 0.562. The summed E-state index contributed by atoms with van der Waals surface area (Å²) in [6, 6.07) is 4.94. The van der Waals surface area contributed by atoms with E-state index in [9.17, 15) is 9.90 Å². The summed E-state index contributed by atoms with van der Waals surface area (Å²) in [4.78, 5) is 14.5. The molecule has 4 nitrogen and oxygen atoms in total. The summed E-state index contributed by atoms with van der Waals surface area (Å²) in [5.41, 5.74) is 1.33. The van der Waals surface area contributed by atoms with E-state index < -0.39 is 0 Å². The van der Waals surface area contributed by atoms with Crippen LogP contribution < -0.4 is 5.32 Å². The molecule has 0 aliphatic carbocycles. The first-order chi connectivity index (χ1) is 9.56. The van der Waals surface area contributed by atoms with Crippen LogP contribution in [0.5, 0.6) is 5.75 Å². The summed E-state index contributed by atoms with van der Waals surface area (Å²) in [5, 5.41) is 12.4. The lowest BCUT2D eigenvalue weighted by Gasteiger charge is -2.20. The minimum absolute atomic E-state index is 0.0682. The number of likely N-dealkylation sites (tertiary alicyclic amines) is 1. The molecule has 4 heteroatoms. The van der Waals surface area contributed by atoms with Gasteiger partial charge >= 0.3 is 0 Å². The monoisotopic (exact) mass is 276 g/mol. The maximum Gasteiger partial charge on any atom is 0.251 e. The number of phenolic OH excluding ortho intramolecular Hbond substituents is 1. The van der Waals surface area contributed by atoms with Crippen molar-refractivity contribution in [2.24, 2.45) is 5.92 Å². The Morgan fingerprint density at radius 2 is 2.10 bits per heavy atom. The van der Waals surface area contributed by atoms with Gasteiger partial charge in [0, 0.05) is 18.7 Å². The van der Waals surface area contributed by atoms with E-state index in [0.717, 1.165) is 12.1 Å². The number of phenols is 1. The molecular weight excluding hydrogens is 252 g/mol. The maximum absolute atomic E-state index is 12.0. The average molecular weight is 276 g/mol. The fourth-order valence-corrected chi connectivity index (χ4v) is 2.64. The molecule has 1 aromatic carbocycles. The van der Waals surface area contributed by atoms with Gasteiger partial charge in [0.1, 0.15) is 5.75 Å². The first-order valence-corrected chi connectivity index (χ1v) is 7.36. The van der Waals surface area contributed by atoms with Crippen molar-refractivity contribution < 1.29 is 9.90 Å². The normalized spacial score (nSPS) is 17.1. The summed E-state index contributed by atoms with van der Waals surface area (Å²) >= 11 is 0. The Bertz CT molecular complexity index is 468. The lowest BCUT2D eigenvalue weighted by molar-refractivity contribution is 0.0945. The highest BCUT2D eigenvalue weighted by atomic mass is 16.3. The molecule has 0 bridgehead atoms. The van der Waals surface area contributed by atoms with Crippen LogP contribution >= 0.6 is 0 Å². The van der Waals surface area contributed by atoms with Gasteiger partial charge in [-0.2, -0.15) is 0 Å². The number of benzene rings is 1. The SMILES string of the molecule is Cc1cc(C(=O)NCC(C)CN2CCCC2)ccc1O. The molecule has 1 aliphatic rings. The van der Waals surface area contributed by atoms with Gasteiger partial charge in [0.05, 0.1) is 0 Å². The molecule has 0 spiro atoms. The second kappa shape index (κ2) is 6.75. The van der Waals surface area contributed by atoms with Crippen LogP contribution in [0.15, 0.2) is 18.2 Å². The van der Waals surface area contributed by atoms with Gasteiger partial charge in [-0.05, 0) is 62.5 Å². The molecule has 110 valence electrons. The highest BCUT2D eigenvalue weighted by molar-refractivity contribution is 5.94. The van der Waals surface area contributed by atoms with Crippen LogP contribution in [0, 0.1) is 12.8 Å². The highest BCUT2D eigenvalue weighted by Gasteiger charge is 2.15. The van der Waals surface area contributed by atoms with Crippen molar-refractivity contribution in [3.05, 3.63) is 29.3 Å². The Hall–Kier alpha value is -1.55. The molecule has 20 heavy (non-hydrogen) atoms. The number of aromatic hydroxyl groups is 1. The molecule has 2 N–H and O–H groups in total. The first kappa shape index (κ1) is 14.9. The number of rotatable bonds is 5. The van der Waals surface area contributed by atoms with Crippen LogP contribution in [0.25, 0.3) is 0 Å². The van der Waals surface area contributed by atoms with Crippen molar-refractivity contribution in [3.63, 3.8) is 0 Å². The molecule has 1 fully saturated rings. The smallest absolute Gasteiger partial charge is 0.251 e. The Kier molecular flexibility index (Phi) is 5.01. The lowest BCUT2D eigenvalue weighted by atomic mass is 10.1. The van der Waals surface area contributed by atoms with Crippen LogP contribution in [0.3, 0.4) is 0 Å². The number of aryl methyl sites for hydroxylation is 1. The number of carbonyl (C=O) groups is 1. The molecule has 1 amide bonds. The second-order valence-corrected chi connectivity index (χ2v) is 5.82. The summed E-state index contributed by atoms with van der Waals surface area (Å²) in [6.45, 7) is 8.08. The highest BCUT2D eigenvalue weighted by Crippen LogP contribution is 2.17. The van der Waals surface area contributed by atoms with Crippen LogP contribution in [0.4, 0.5) is 0 Å². The number of carbonyl (C=O) groups excluding carboxylic acids is 1. The molecule has 0 radical (unpaired) electrons. The van der Waals surface area contributed by atoms with Gasteiger partial charge in [-0.1, -0.05) is 6.92 Å². The zero-order chi connectivity index (χ0) is 14.5. The standard InChI is InChI=1S/C16H24N2O2/c1-12(11-18-7-3-4-8-18)10-17-16(20)14-5-6-15(19)13(2)9-14/h5-6,9,12,19H,3-4,7-8,10-11H2,1-2H3,(H,17,20). The van der Waals surface area contributed by atoms with Crippen LogP contribution in [0.2, 0.25) is 0 Å². The summed E-state index contributed by atoms with van der Waals surface area (Å²) in [7, 11) is 0. The van der Waals surface area contributed by atoms with E-state index in [0.29, 0.717) is 18.0 Å². The van der Waals surface area contributed by atoms with Crippen molar-refractivity contribution in [1.82, 2.24) is 10.2 Å². The largest absolute Gasteiger partial charge is 0.508 e. The second-order valence-electron chi connectivity index (χ2n) is 5.82. The van der Waals surface area contributed by atoms with E-state index in [-0.39, 0.29) is 11.7 Å². The minimum Gasteiger partial charge on any atom is -0.508 e. The van der Waals surface area contributed by atoms with E-state index >= 15 is 0 Å². The van der Waals surface area contributed by atoms with Crippen LogP contribution in [0.1, 0.15) is 35.7 Å². The number of hydrogen-bond acceptors (Lipinski definition) is 3. The van der Waals surface area contributed by atoms with E-state index in [2.05, 4.69) is 17.1 Å². The van der Waals surface area contributed by atoms with E-state index in [1.807, 2.05) is 0 Å². The summed E-state index contributed by atoms with van der Waals surface area (Å²) < 4.78 is 0. The Morgan fingerprint density at radius 3 is 2.75 bits per heavy atom. The van der Waals surface area contributed by atoms with E-state index in [1.54, 1.807) is 25.1 Å². The predicted octanol–water partition coefficient (Wildman–Crippen LogP) is 2.16. The van der Waals surface area contributed by atoms with Gasteiger partial charge in [0.2, 0.25) is 0 Å². The van der Waals surface area contributed by atoms with Gasteiger partial charge in [-0.25, -0.2) is 0 Å². The van der Waals surface area contributed by atoms with E-state index in [1.165, 1.54) is 25.9 Å². The molecule has 1 atom stereocenters. The third-order valence-corrected chi connectivity index (χ3v) is 3.84. The Balaban J connectivity index is 1.80. The quantitative estimate of drug-likeness (QED) is 0.866. The van der Waals surface area contributed by atoms with Crippen molar-refractivity contribution in [2.45, 2.75) is 26.7 Å². The molecule has 1 heterocycles. The van der Waals surface area contributed by atoms with Crippen LogP contribution in [-0.4, -0.2) is 42.1 Å². The summed E-state index contributed by atoms with van der Waals surface area (Å²) in [6.07, 6.45) is 2.59. The zero-order valence-electron chi connectivity index (χ0n) is 12.4. The summed E-state index contributed by atoms with van der Waals surface area (Å²) in [5.74, 6) is 0.612. The predicted molar refractivity (Wildman–Crippen MR) is 80.0 cm³/mol. The first-order valence-electron chi connectivity index (χ1n) is 7.36. The molecule has 1 unspecified atom stereocenters. The number of nitrogens with one attached hydrogen (secondary N) is 1. The molecule has 1 saturated heterocycles. The Morgan fingerprint density at radius 1 is 1.40 bits per heavy atom. The van der Waals surface area contributed by atoms with Gasteiger partial charge in [-0.3, -0.25) is 4.79 Å². The van der Waals surface area contributed by atoms with Gasteiger partial charge in [0.25, 0.3) is 5.91 Å². The lowest BCUT2D eigenvalue weighted by Crippen LogP contribution is -2.34. The molecule has 2 rings (SSSR count). The van der Waals surface area contributed by atoms with Gasteiger partial charge in [0.15, 0.2) is 0 Å². The number of amides is 1.